The van der Waals surface area contributed by atoms with Crippen LogP contribution in [-0.4, -0.2) is 6.61 Å². The maximum Gasteiger partial charge on any atom is 2.00 e. The van der Waals surface area contributed by atoms with E-state index in [4.69, 9.17) is 0 Å². The molecular weight excluding hydrogens is 375 g/mol. The first-order valence-electron chi connectivity index (χ1n) is 9.38. The molecule has 0 fully saturated rings. The molecule has 0 N–H and O–H groups in total. The molecule has 0 amide bonds. The molecule has 147 valence electrons. The summed E-state index contributed by atoms with van der Waals surface area (Å²) in [4.78, 5) is 20.5. The van der Waals surface area contributed by atoms with Crippen molar-refractivity contribution < 1.29 is 35.9 Å². The van der Waals surface area contributed by atoms with Gasteiger partial charge in [-0.15, -0.1) is 0 Å². The summed E-state index contributed by atoms with van der Waals surface area (Å²) in [5.74, 6) is 0. The van der Waals surface area contributed by atoms with Gasteiger partial charge in [0, 0.05) is 0 Å². The van der Waals surface area contributed by atoms with Crippen molar-refractivity contribution in [2.75, 3.05) is 6.61 Å². The van der Waals surface area contributed by atoms with E-state index in [1.807, 2.05) is 0 Å². The summed E-state index contributed by atoms with van der Waals surface area (Å²) in [5.41, 5.74) is 0. The molecule has 0 rings (SSSR count). The molecule has 0 bridgehead atoms. The minimum absolute atomic E-state index is 0. The Balaban J connectivity index is 0. The van der Waals surface area contributed by atoms with Crippen LogP contribution in [0.5, 0.6) is 0 Å². The van der Waals surface area contributed by atoms with Crippen LogP contribution in [0.2, 0.25) is 0 Å². The van der Waals surface area contributed by atoms with Gasteiger partial charge in [0.05, 0.1) is 14.4 Å². The van der Waals surface area contributed by atoms with Gasteiger partial charge in [0.15, 0.2) is 0 Å². The molecule has 0 aliphatic heterocycles. The van der Waals surface area contributed by atoms with E-state index >= 15 is 0 Å². The molecule has 0 aromatic heterocycles. The fourth-order valence-corrected chi connectivity index (χ4v) is 2.88. The maximum atomic E-state index is 10.2. The van der Waals surface area contributed by atoms with Gasteiger partial charge >= 0.3 is 17.1 Å². The summed E-state index contributed by atoms with van der Waals surface area (Å²) in [5, 5.41) is 0. The van der Waals surface area contributed by atoms with Gasteiger partial charge < -0.3 is 18.9 Å². The van der Waals surface area contributed by atoms with E-state index in [2.05, 4.69) is 23.6 Å². The van der Waals surface area contributed by atoms with Crippen molar-refractivity contribution in [2.45, 2.75) is 96.8 Å². The van der Waals surface area contributed by atoms with Gasteiger partial charge in [-0.2, -0.15) is 0 Å². The Morgan fingerprint density at radius 1 is 0.750 bits per heavy atom. The largest absolute Gasteiger partial charge is 2.00 e. The van der Waals surface area contributed by atoms with Crippen LogP contribution < -0.4 is 9.79 Å². The topological polar surface area (TPSA) is 72.4 Å². The second kappa shape index (κ2) is 19.7. The summed E-state index contributed by atoms with van der Waals surface area (Å²) >= 11 is 0. The van der Waals surface area contributed by atoms with Gasteiger partial charge in [-0.1, -0.05) is 76.9 Å². The molecule has 0 atom stereocenters. The van der Waals surface area contributed by atoms with Crippen molar-refractivity contribution in [3.8, 4) is 0 Å². The Bertz CT molecular complexity index is 318. The van der Waals surface area contributed by atoms with Crippen LogP contribution >= 0.6 is 7.82 Å². The number of allylic oxidation sites excluding steroid dienone is 2. The van der Waals surface area contributed by atoms with Crippen LogP contribution in [-0.2, 0) is 26.2 Å². The van der Waals surface area contributed by atoms with E-state index in [-0.39, 0.29) is 23.7 Å². The van der Waals surface area contributed by atoms with E-state index in [1.54, 1.807) is 0 Å². The molecule has 0 aliphatic carbocycles. The average molecular weight is 410 g/mol. The molecule has 1 radical (unpaired) electrons. The van der Waals surface area contributed by atoms with Gasteiger partial charge in [-0.25, -0.2) is 0 Å². The first-order chi connectivity index (χ1) is 11.1. The third-order valence-electron chi connectivity index (χ3n) is 3.91. The second-order valence-electron chi connectivity index (χ2n) is 6.22. The Hall–Kier alpha value is 0.369. The number of phosphoric ester groups is 1. The molecule has 0 aliphatic rings. The van der Waals surface area contributed by atoms with Crippen LogP contribution in [0.4, 0.5) is 0 Å². The van der Waals surface area contributed by atoms with E-state index in [0.29, 0.717) is 6.42 Å². The molecule has 24 heavy (non-hydrogen) atoms. The minimum Gasteiger partial charge on any atom is -0.790 e. The third kappa shape index (κ3) is 24.6. The first kappa shape index (κ1) is 26.6. The van der Waals surface area contributed by atoms with E-state index in [9.17, 15) is 14.4 Å². The quantitative estimate of drug-likeness (QED) is 0.149. The van der Waals surface area contributed by atoms with Crippen molar-refractivity contribution in [2.24, 2.45) is 0 Å². The standard InChI is InChI=1S/C18H37O4P.Cu/c1-2-3-4-5-6-7-8-9-10-11-12-13-14-15-16-17-18-22-23(19,20)21;/h9-10H,2-8,11-18H2,1H3,(H2,19,20,21);/q;+2/p-2/b10-9-;. The number of hydrogen-bond donors (Lipinski definition) is 0. The Kier molecular flexibility index (Phi) is 21.8. The molecule has 0 aromatic rings. The van der Waals surface area contributed by atoms with Crippen LogP contribution in [0.3, 0.4) is 0 Å². The average Bonchev–Trinajstić information content (AvgIpc) is 2.49. The molecule has 0 aromatic carbocycles. The van der Waals surface area contributed by atoms with Gasteiger partial charge in [-0.05, 0) is 32.1 Å². The Morgan fingerprint density at radius 2 is 1.17 bits per heavy atom. The molecular formula is C18H35CuO4P. The zero-order valence-corrected chi connectivity index (χ0v) is 17.0. The zero-order valence-electron chi connectivity index (χ0n) is 15.1. The molecule has 4 nitrogen and oxygen atoms in total. The van der Waals surface area contributed by atoms with Crippen LogP contribution in [0, 0.1) is 0 Å². The summed E-state index contributed by atoms with van der Waals surface area (Å²) in [6.07, 6.45) is 21.4. The van der Waals surface area contributed by atoms with E-state index in [0.717, 1.165) is 25.7 Å². The summed E-state index contributed by atoms with van der Waals surface area (Å²) < 4.78 is 14.4. The molecule has 0 heterocycles. The van der Waals surface area contributed by atoms with Crippen LogP contribution in [0.15, 0.2) is 12.2 Å². The SMILES string of the molecule is CCCCCCCC/C=C\CCCCCCCCOP(=O)([O-])[O-].[Cu+2]. The number of unbranched alkanes of at least 4 members (excludes halogenated alkanes) is 12. The van der Waals surface area contributed by atoms with Gasteiger partial charge in [0.2, 0.25) is 0 Å². The van der Waals surface area contributed by atoms with Crippen molar-refractivity contribution in [3.63, 3.8) is 0 Å². The fraction of sp³-hybridized carbons (Fsp3) is 0.889. The van der Waals surface area contributed by atoms with Crippen LogP contribution in [0.1, 0.15) is 96.8 Å². The zero-order chi connectivity index (χ0) is 17.2. The normalized spacial score (nSPS) is 11.8. The predicted octanol–water partition coefficient (Wildman–Crippen LogP) is 4.87. The predicted molar refractivity (Wildman–Crippen MR) is 93.0 cm³/mol. The summed E-state index contributed by atoms with van der Waals surface area (Å²) in [6.45, 7) is 2.28. The van der Waals surface area contributed by atoms with Crippen LogP contribution in [0.25, 0.3) is 0 Å². The van der Waals surface area contributed by atoms with Crippen molar-refractivity contribution in [3.05, 3.63) is 12.2 Å². The minimum atomic E-state index is -4.76. The van der Waals surface area contributed by atoms with E-state index < -0.39 is 7.82 Å². The Labute approximate surface area is 159 Å². The van der Waals surface area contributed by atoms with E-state index in [1.165, 1.54) is 57.8 Å². The number of rotatable bonds is 17. The van der Waals surface area contributed by atoms with Crippen molar-refractivity contribution in [1.29, 1.82) is 0 Å². The fourth-order valence-electron chi connectivity index (χ4n) is 2.53. The number of hydrogen-bond acceptors (Lipinski definition) is 4. The van der Waals surface area contributed by atoms with Crippen molar-refractivity contribution in [1.82, 2.24) is 0 Å². The summed E-state index contributed by atoms with van der Waals surface area (Å²) in [7, 11) is -4.76. The van der Waals surface area contributed by atoms with Gasteiger partial charge in [-0.3, -0.25) is 0 Å². The molecule has 0 spiro atoms. The summed E-state index contributed by atoms with van der Waals surface area (Å²) in [6, 6.07) is 0. The molecule has 0 saturated carbocycles. The number of phosphoric acid groups is 1. The molecule has 6 heteroatoms. The first-order valence-corrected chi connectivity index (χ1v) is 10.8. The molecule has 0 saturated heterocycles. The second-order valence-corrected chi connectivity index (χ2v) is 7.37. The monoisotopic (exact) mass is 409 g/mol. The molecule has 0 unspecified atom stereocenters. The van der Waals surface area contributed by atoms with Gasteiger partial charge in [0.25, 0.3) is 0 Å². The third-order valence-corrected chi connectivity index (χ3v) is 4.40. The van der Waals surface area contributed by atoms with Gasteiger partial charge in [0.1, 0.15) is 0 Å². The Morgan fingerprint density at radius 3 is 1.62 bits per heavy atom. The smallest absolute Gasteiger partial charge is 0.790 e. The maximum absolute atomic E-state index is 10.2. The van der Waals surface area contributed by atoms with Crippen molar-refractivity contribution >= 4 is 7.82 Å².